The number of aryl methyl sites for hydroxylation is 2. The van der Waals surface area contributed by atoms with E-state index in [1.807, 2.05) is 26.0 Å². The van der Waals surface area contributed by atoms with Crippen molar-refractivity contribution in [3.05, 3.63) is 41.0 Å². The Morgan fingerprint density at radius 1 is 1.26 bits per heavy atom. The lowest BCUT2D eigenvalue weighted by atomic mass is 10.1. The quantitative estimate of drug-likeness (QED) is 0.777. The number of rotatable bonds is 2. The topological polar surface area (TPSA) is 60.8 Å². The third-order valence-corrected chi connectivity index (χ3v) is 3.40. The summed E-state index contributed by atoms with van der Waals surface area (Å²) in [4.78, 5) is 13.4. The third kappa shape index (κ3) is 3.22. The molecule has 0 spiro atoms. The second kappa shape index (κ2) is 5.55. The third-order valence-electron chi connectivity index (χ3n) is 3.40. The van der Waals surface area contributed by atoms with Gasteiger partial charge in [0.15, 0.2) is 0 Å². The molecule has 1 aliphatic rings. The van der Waals surface area contributed by atoms with Gasteiger partial charge in [-0.05, 0) is 31.1 Å². The van der Waals surface area contributed by atoms with Gasteiger partial charge in [0.1, 0.15) is 0 Å². The molecule has 0 aromatic heterocycles. The van der Waals surface area contributed by atoms with Crippen molar-refractivity contribution in [3.63, 3.8) is 0 Å². The lowest BCUT2D eigenvalue weighted by Crippen LogP contribution is -2.27. The van der Waals surface area contributed by atoms with E-state index in [1.54, 1.807) is 6.08 Å². The van der Waals surface area contributed by atoms with Crippen LogP contribution in [-0.4, -0.2) is 46.3 Å². The first-order chi connectivity index (χ1) is 8.97. The van der Waals surface area contributed by atoms with Crippen molar-refractivity contribution in [1.29, 1.82) is 0 Å². The largest absolute Gasteiger partial charge is 0.388 e. The predicted octanol–water partition coefficient (Wildman–Crippen LogP) is 0.881. The molecule has 102 valence electrons. The molecule has 1 fully saturated rings. The first-order valence-corrected chi connectivity index (χ1v) is 6.38. The van der Waals surface area contributed by atoms with E-state index in [0.29, 0.717) is 0 Å². The molecule has 0 saturated carbocycles. The van der Waals surface area contributed by atoms with Gasteiger partial charge in [-0.1, -0.05) is 23.8 Å². The van der Waals surface area contributed by atoms with Gasteiger partial charge in [-0.2, -0.15) is 0 Å². The number of hydrogen-bond acceptors (Lipinski definition) is 3. The zero-order chi connectivity index (χ0) is 14.0. The fraction of sp³-hybridized carbons (Fsp3) is 0.400. The maximum absolute atomic E-state index is 11.9. The van der Waals surface area contributed by atoms with Gasteiger partial charge in [0.25, 0.3) is 0 Å². The van der Waals surface area contributed by atoms with Gasteiger partial charge in [-0.25, -0.2) is 0 Å². The molecule has 1 heterocycles. The number of likely N-dealkylation sites (tertiary alicyclic amines) is 1. The van der Waals surface area contributed by atoms with Gasteiger partial charge in [0.2, 0.25) is 5.91 Å². The summed E-state index contributed by atoms with van der Waals surface area (Å²) < 4.78 is 0. The summed E-state index contributed by atoms with van der Waals surface area (Å²) in [5.74, 6) is -0.185. The fourth-order valence-corrected chi connectivity index (χ4v) is 2.23. The molecular formula is C15H19NO3. The molecule has 1 aliphatic heterocycles. The van der Waals surface area contributed by atoms with Crippen LogP contribution in [0.1, 0.15) is 16.7 Å². The zero-order valence-electron chi connectivity index (χ0n) is 11.2. The van der Waals surface area contributed by atoms with Crippen LogP contribution in [0.25, 0.3) is 6.08 Å². The molecule has 1 aromatic carbocycles. The maximum Gasteiger partial charge on any atom is 0.246 e. The second-order valence-electron chi connectivity index (χ2n) is 5.07. The number of aliphatic hydroxyl groups is 2. The van der Waals surface area contributed by atoms with Crippen molar-refractivity contribution in [2.75, 3.05) is 13.1 Å². The first kappa shape index (κ1) is 13.8. The summed E-state index contributed by atoms with van der Waals surface area (Å²) in [6.07, 6.45) is 1.59. The zero-order valence-corrected chi connectivity index (χ0v) is 11.2. The Morgan fingerprint density at radius 3 is 2.47 bits per heavy atom. The van der Waals surface area contributed by atoms with Crippen LogP contribution in [0, 0.1) is 13.8 Å². The highest BCUT2D eigenvalue weighted by molar-refractivity contribution is 5.92. The van der Waals surface area contributed by atoms with E-state index in [1.165, 1.54) is 16.5 Å². The van der Waals surface area contributed by atoms with Crippen LogP contribution >= 0.6 is 0 Å². The Labute approximate surface area is 113 Å². The van der Waals surface area contributed by atoms with Gasteiger partial charge in [0.05, 0.1) is 12.2 Å². The Balaban J connectivity index is 2.04. The second-order valence-corrected chi connectivity index (χ2v) is 5.07. The molecule has 4 heteroatoms. The van der Waals surface area contributed by atoms with Crippen LogP contribution in [0.2, 0.25) is 0 Å². The SMILES string of the molecule is Cc1ccc(/C=C/C(=O)N2CC(O)C(O)C2)c(C)c1. The molecule has 1 aromatic rings. The van der Waals surface area contributed by atoms with Crippen LogP contribution in [0.4, 0.5) is 0 Å². The van der Waals surface area contributed by atoms with E-state index in [-0.39, 0.29) is 19.0 Å². The van der Waals surface area contributed by atoms with Crippen LogP contribution < -0.4 is 0 Å². The first-order valence-electron chi connectivity index (χ1n) is 6.38. The molecule has 2 rings (SSSR count). The van der Waals surface area contributed by atoms with E-state index >= 15 is 0 Å². The van der Waals surface area contributed by atoms with E-state index in [9.17, 15) is 15.0 Å². The number of aliphatic hydroxyl groups excluding tert-OH is 2. The number of carbonyl (C=O) groups is 1. The molecule has 1 amide bonds. The van der Waals surface area contributed by atoms with Gasteiger partial charge < -0.3 is 15.1 Å². The Morgan fingerprint density at radius 2 is 1.89 bits per heavy atom. The molecule has 19 heavy (non-hydrogen) atoms. The number of hydrogen-bond donors (Lipinski definition) is 2. The molecule has 0 aliphatic carbocycles. The highest BCUT2D eigenvalue weighted by Crippen LogP contribution is 2.14. The minimum Gasteiger partial charge on any atom is -0.388 e. The Kier molecular flexibility index (Phi) is 4.02. The fourth-order valence-electron chi connectivity index (χ4n) is 2.23. The normalized spacial score (nSPS) is 23.3. The van der Waals surface area contributed by atoms with Crippen LogP contribution in [0.5, 0.6) is 0 Å². The molecule has 4 nitrogen and oxygen atoms in total. The average Bonchev–Trinajstić information content (AvgIpc) is 2.68. The molecule has 2 unspecified atom stereocenters. The summed E-state index contributed by atoms with van der Waals surface area (Å²) >= 11 is 0. The number of benzene rings is 1. The van der Waals surface area contributed by atoms with Crippen LogP contribution in [0.3, 0.4) is 0 Å². The molecule has 1 saturated heterocycles. The van der Waals surface area contributed by atoms with Crippen molar-refractivity contribution >= 4 is 12.0 Å². The van der Waals surface area contributed by atoms with E-state index in [2.05, 4.69) is 6.07 Å². The Hall–Kier alpha value is -1.65. The number of carbonyl (C=O) groups excluding carboxylic acids is 1. The average molecular weight is 261 g/mol. The predicted molar refractivity (Wildman–Crippen MR) is 73.5 cm³/mol. The van der Waals surface area contributed by atoms with E-state index in [0.717, 1.165) is 11.1 Å². The van der Waals surface area contributed by atoms with Crippen molar-refractivity contribution in [2.24, 2.45) is 0 Å². The monoisotopic (exact) mass is 261 g/mol. The lowest BCUT2D eigenvalue weighted by molar-refractivity contribution is -0.125. The van der Waals surface area contributed by atoms with Gasteiger partial charge in [0, 0.05) is 19.2 Å². The smallest absolute Gasteiger partial charge is 0.246 e. The number of amides is 1. The van der Waals surface area contributed by atoms with Gasteiger partial charge >= 0.3 is 0 Å². The van der Waals surface area contributed by atoms with Crippen molar-refractivity contribution in [3.8, 4) is 0 Å². The highest BCUT2D eigenvalue weighted by Gasteiger charge is 2.31. The number of nitrogens with zero attached hydrogens (tertiary/aromatic N) is 1. The van der Waals surface area contributed by atoms with E-state index < -0.39 is 12.2 Å². The van der Waals surface area contributed by atoms with Crippen LogP contribution in [-0.2, 0) is 4.79 Å². The summed E-state index contributed by atoms with van der Waals surface area (Å²) in [5.41, 5.74) is 3.30. The minimum absolute atomic E-state index is 0.185. The lowest BCUT2D eigenvalue weighted by Gasteiger charge is -2.12. The van der Waals surface area contributed by atoms with Crippen molar-refractivity contribution in [2.45, 2.75) is 26.1 Å². The molecule has 0 radical (unpaired) electrons. The van der Waals surface area contributed by atoms with Crippen LogP contribution in [0.15, 0.2) is 24.3 Å². The summed E-state index contributed by atoms with van der Waals surface area (Å²) in [7, 11) is 0. The molecular weight excluding hydrogens is 242 g/mol. The van der Waals surface area contributed by atoms with Crippen molar-refractivity contribution < 1.29 is 15.0 Å². The summed E-state index contributed by atoms with van der Waals surface area (Å²) in [6.45, 7) is 4.41. The van der Waals surface area contributed by atoms with Gasteiger partial charge in [-0.3, -0.25) is 4.79 Å². The maximum atomic E-state index is 11.9. The van der Waals surface area contributed by atoms with E-state index in [4.69, 9.17) is 0 Å². The molecule has 2 atom stereocenters. The summed E-state index contributed by atoms with van der Waals surface area (Å²) in [5, 5.41) is 18.8. The van der Waals surface area contributed by atoms with Crippen molar-refractivity contribution in [1.82, 2.24) is 4.90 Å². The number of β-amino-alcohol motifs (C(OH)–C–C–N with tert-alkyl or cyclic N) is 2. The summed E-state index contributed by atoms with van der Waals surface area (Å²) in [6, 6.07) is 6.04. The molecule has 2 N–H and O–H groups in total. The molecule has 0 bridgehead atoms. The Bertz CT molecular complexity index is 500. The highest BCUT2D eigenvalue weighted by atomic mass is 16.3. The van der Waals surface area contributed by atoms with Gasteiger partial charge in [-0.15, -0.1) is 0 Å². The minimum atomic E-state index is -0.835. The standard InChI is InChI=1S/C15H19NO3/c1-10-3-4-12(11(2)7-10)5-6-15(19)16-8-13(17)14(18)9-16/h3-7,13-14,17-18H,8-9H2,1-2H3/b6-5+.